The van der Waals surface area contributed by atoms with Crippen molar-refractivity contribution < 1.29 is 14.6 Å². The van der Waals surface area contributed by atoms with Crippen LogP contribution in [-0.2, 0) is 0 Å². The van der Waals surface area contributed by atoms with Gasteiger partial charge in [0, 0.05) is 6.20 Å². The molecule has 1 heterocycles. The molecule has 0 aliphatic heterocycles. The fraction of sp³-hybridized carbons (Fsp3) is 0.538. The maximum absolute atomic E-state index is 11.1. The highest BCUT2D eigenvalue weighted by Gasteiger charge is 2.15. The van der Waals surface area contributed by atoms with Gasteiger partial charge in [-0.1, -0.05) is 13.8 Å². The molecule has 1 aromatic heterocycles. The average molecular weight is 237 g/mol. The van der Waals surface area contributed by atoms with Crippen LogP contribution in [-0.4, -0.2) is 22.7 Å². The molecule has 0 saturated carbocycles. The van der Waals surface area contributed by atoms with E-state index in [1.807, 2.05) is 0 Å². The third-order valence-electron chi connectivity index (χ3n) is 2.50. The Kier molecular flexibility index (Phi) is 4.94. The van der Waals surface area contributed by atoms with Crippen LogP contribution in [0.4, 0.5) is 0 Å². The molecule has 0 aliphatic rings. The number of hydrogen-bond acceptors (Lipinski definition) is 3. The van der Waals surface area contributed by atoms with Gasteiger partial charge >= 0.3 is 5.97 Å². The van der Waals surface area contributed by atoms with Crippen LogP contribution in [0.25, 0.3) is 0 Å². The predicted octanol–water partition coefficient (Wildman–Crippen LogP) is 2.90. The van der Waals surface area contributed by atoms with E-state index in [4.69, 9.17) is 9.84 Å². The first-order valence-electron chi connectivity index (χ1n) is 5.84. The maximum atomic E-state index is 11.1. The molecule has 0 fully saturated rings. The SMILES string of the molecule is Cc1ccnc(OCCCC(C)C)c1C(=O)O. The van der Waals surface area contributed by atoms with Crippen molar-refractivity contribution in [1.29, 1.82) is 0 Å². The minimum absolute atomic E-state index is 0.164. The summed E-state index contributed by atoms with van der Waals surface area (Å²) in [5, 5.41) is 9.07. The number of carbonyl (C=O) groups is 1. The second kappa shape index (κ2) is 6.23. The highest BCUT2D eigenvalue weighted by molar-refractivity contribution is 5.91. The van der Waals surface area contributed by atoms with Gasteiger partial charge in [-0.15, -0.1) is 0 Å². The minimum Gasteiger partial charge on any atom is -0.477 e. The number of carboxylic acid groups (broad SMARTS) is 1. The highest BCUT2D eigenvalue weighted by Crippen LogP contribution is 2.19. The van der Waals surface area contributed by atoms with Gasteiger partial charge in [-0.05, 0) is 37.3 Å². The fourth-order valence-electron chi connectivity index (χ4n) is 1.56. The van der Waals surface area contributed by atoms with Gasteiger partial charge < -0.3 is 9.84 Å². The fourth-order valence-corrected chi connectivity index (χ4v) is 1.56. The van der Waals surface area contributed by atoms with Crippen LogP contribution < -0.4 is 4.74 Å². The molecular weight excluding hydrogens is 218 g/mol. The summed E-state index contributed by atoms with van der Waals surface area (Å²) in [6, 6.07) is 1.67. The van der Waals surface area contributed by atoms with Gasteiger partial charge in [0.25, 0.3) is 0 Å². The molecule has 0 aromatic carbocycles. The lowest BCUT2D eigenvalue weighted by atomic mass is 10.1. The summed E-state index contributed by atoms with van der Waals surface area (Å²) in [6.45, 7) is 6.54. The van der Waals surface area contributed by atoms with E-state index in [-0.39, 0.29) is 11.4 Å². The van der Waals surface area contributed by atoms with E-state index < -0.39 is 5.97 Å². The van der Waals surface area contributed by atoms with E-state index in [0.29, 0.717) is 18.1 Å². The van der Waals surface area contributed by atoms with Crippen LogP contribution in [0.3, 0.4) is 0 Å². The second-order valence-electron chi connectivity index (χ2n) is 4.50. The predicted molar refractivity (Wildman–Crippen MR) is 65.5 cm³/mol. The van der Waals surface area contributed by atoms with Gasteiger partial charge in [-0.2, -0.15) is 0 Å². The van der Waals surface area contributed by atoms with Crippen molar-refractivity contribution in [3.63, 3.8) is 0 Å². The standard InChI is InChI=1S/C13H19NO3/c1-9(2)5-4-8-17-12-11(13(15)16)10(3)6-7-14-12/h6-7,9H,4-5,8H2,1-3H3,(H,15,16). The van der Waals surface area contributed by atoms with E-state index in [2.05, 4.69) is 18.8 Å². The van der Waals surface area contributed by atoms with Crippen LogP contribution in [0.5, 0.6) is 5.88 Å². The monoisotopic (exact) mass is 237 g/mol. The lowest BCUT2D eigenvalue weighted by Crippen LogP contribution is -2.08. The zero-order valence-corrected chi connectivity index (χ0v) is 10.6. The largest absolute Gasteiger partial charge is 0.477 e. The number of ether oxygens (including phenoxy) is 1. The van der Waals surface area contributed by atoms with Crippen LogP contribution >= 0.6 is 0 Å². The van der Waals surface area contributed by atoms with Crippen LogP contribution in [0.2, 0.25) is 0 Å². The Hall–Kier alpha value is -1.58. The van der Waals surface area contributed by atoms with Gasteiger partial charge in [-0.3, -0.25) is 0 Å². The summed E-state index contributed by atoms with van der Waals surface area (Å²) >= 11 is 0. The van der Waals surface area contributed by atoms with E-state index in [0.717, 1.165) is 12.8 Å². The molecule has 0 radical (unpaired) electrons. The third kappa shape index (κ3) is 4.06. The number of aryl methyl sites for hydroxylation is 1. The molecule has 0 spiro atoms. The Balaban J connectivity index is 2.64. The van der Waals surface area contributed by atoms with Crippen molar-refractivity contribution in [1.82, 2.24) is 4.98 Å². The number of rotatable bonds is 6. The van der Waals surface area contributed by atoms with E-state index in [1.165, 1.54) is 0 Å². The molecule has 0 aliphatic carbocycles. The second-order valence-corrected chi connectivity index (χ2v) is 4.50. The first-order chi connectivity index (χ1) is 8.02. The Morgan fingerprint density at radius 2 is 2.24 bits per heavy atom. The minimum atomic E-state index is -0.991. The molecule has 4 nitrogen and oxygen atoms in total. The van der Waals surface area contributed by atoms with Crippen LogP contribution in [0, 0.1) is 12.8 Å². The van der Waals surface area contributed by atoms with Crippen molar-refractivity contribution in [3.05, 3.63) is 23.4 Å². The van der Waals surface area contributed by atoms with Gasteiger partial charge in [0.1, 0.15) is 5.56 Å². The van der Waals surface area contributed by atoms with Crippen LogP contribution in [0.15, 0.2) is 12.3 Å². The Morgan fingerprint density at radius 3 is 2.82 bits per heavy atom. The van der Waals surface area contributed by atoms with E-state index >= 15 is 0 Å². The summed E-state index contributed by atoms with van der Waals surface area (Å²) < 4.78 is 5.44. The third-order valence-corrected chi connectivity index (χ3v) is 2.50. The first kappa shape index (κ1) is 13.5. The quantitative estimate of drug-likeness (QED) is 0.773. The number of nitrogens with zero attached hydrogens (tertiary/aromatic N) is 1. The summed E-state index contributed by atoms with van der Waals surface area (Å²) in [7, 11) is 0. The molecule has 0 saturated heterocycles. The molecule has 1 rings (SSSR count). The van der Waals surface area contributed by atoms with E-state index in [1.54, 1.807) is 19.2 Å². The molecule has 1 aromatic rings. The summed E-state index contributed by atoms with van der Waals surface area (Å²) in [5.41, 5.74) is 0.836. The molecule has 1 N–H and O–H groups in total. The zero-order valence-electron chi connectivity index (χ0n) is 10.6. The number of aromatic nitrogens is 1. The molecule has 4 heteroatoms. The Morgan fingerprint density at radius 1 is 1.53 bits per heavy atom. The number of pyridine rings is 1. The summed E-state index contributed by atoms with van der Waals surface area (Å²) in [6.07, 6.45) is 3.54. The molecule has 0 unspecified atom stereocenters. The highest BCUT2D eigenvalue weighted by atomic mass is 16.5. The van der Waals surface area contributed by atoms with Gasteiger partial charge in [0.15, 0.2) is 0 Å². The molecular formula is C13H19NO3. The van der Waals surface area contributed by atoms with Crippen molar-refractivity contribution in [2.75, 3.05) is 6.61 Å². The number of aromatic carboxylic acids is 1. The van der Waals surface area contributed by atoms with Gasteiger partial charge in [0.05, 0.1) is 6.61 Å². The molecule has 0 amide bonds. The molecule has 17 heavy (non-hydrogen) atoms. The lowest BCUT2D eigenvalue weighted by molar-refractivity contribution is 0.0690. The molecule has 94 valence electrons. The molecule has 0 bridgehead atoms. The Labute approximate surface area is 102 Å². The summed E-state index contributed by atoms with van der Waals surface area (Å²) in [5.74, 6) is -0.140. The average Bonchev–Trinajstić information content (AvgIpc) is 2.23. The Bertz CT molecular complexity index is 388. The summed E-state index contributed by atoms with van der Waals surface area (Å²) in [4.78, 5) is 15.0. The van der Waals surface area contributed by atoms with Crippen molar-refractivity contribution in [2.24, 2.45) is 5.92 Å². The lowest BCUT2D eigenvalue weighted by Gasteiger charge is -2.10. The van der Waals surface area contributed by atoms with Crippen LogP contribution in [0.1, 0.15) is 42.6 Å². The van der Waals surface area contributed by atoms with E-state index in [9.17, 15) is 4.79 Å². The van der Waals surface area contributed by atoms with Crippen molar-refractivity contribution in [2.45, 2.75) is 33.6 Å². The first-order valence-corrected chi connectivity index (χ1v) is 5.84. The maximum Gasteiger partial charge on any atom is 0.341 e. The normalized spacial score (nSPS) is 10.6. The topological polar surface area (TPSA) is 59.4 Å². The zero-order chi connectivity index (χ0) is 12.8. The number of carboxylic acids is 1. The van der Waals surface area contributed by atoms with Crippen molar-refractivity contribution in [3.8, 4) is 5.88 Å². The van der Waals surface area contributed by atoms with Gasteiger partial charge in [-0.25, -0.2) is 9.78 Å². The van der Waals surface area contributed by atoms with Crippen molar-refractivity contribution >= 4 is 5.97 Å². The smallest absolute Gasteiger partial charge is 0.341 e. The van der Waals surface area contributed by atoms with Gasteiger partial charge in [0.2, 0.25) is 5.88 Å². The molecule has 0 atom stereocenters. The number of hydrogen-bond donors (Lipinski definition) is 1.